The number of benzene rings is 1. The van der Waals surface area contributed by atoms with Crippen LogP contribution in [0.1, 0.15) is 27.1 Å². The molecule has 0 atom stereocenters. The first kappa shape index (κ1) is 10.6. The molecule has 0 bridgehead atoms. The monoisotopic (exact) mass is 212 g/mol. The molecule has 0 fully saturated rings. The molecule has 0 saturated heterocycles. The predicted molar refractivity (Wildman–Crippen MR) is 62.5 cm³/mol. The Balaban J connectivity index is 2.42. The van der Waals surface area contributed by atoms with Crippen molar-refractivity contribution in [2.24, 2.45) is 5.92 Å². The van der Waals surface area contributed by atoms with Gasteiger partial charge in [0.05, 0.1) is 0 Å². The first-order chi connectivity index (χ1) is 7.66. The van der Waals surface area contributed by atoms with E-state index in [0.29, 0.717) is 23.1 Å². The third-order valence-electron chi connectivity index (χ3n) is 2.80. The quantitative estimate of drug-likeness (QED) is 0.570. The summed E-state index contributed by atoms with van der Waals surface area (Å²) in [6.45, 7) is 7.39. The zero-order valence-electron chi connectivity index (χ0n) is 8.90. The number of hydrogen-bond acceptors (Lipinski definition) is 2. The molecule has 0 spiro atoms. The molecule has 2 rings (SSSR count). The molecule has 0 aromatic heterocycles. The Kier molecular flexibility index (Phi) is 2.57. The van der Waals surface area contributed by atoms with E-state index >= 15 is 0 Å². The van der Waals surface area contributed by atoms with Crippen LogP contribution in [0.15, 0.2) is 49.1 Å². The van der Waals surface area contributed by atoms with Gasteiger partial charge in [-0.15, -0.1) is 6.58 Å². The van der Waals surface area contributed by atoms with Gasteiger partial charge in [-0.1, -0.05) is 42.5 Å². The van der Waals surface area contributed by atoms with Gasteiger partial charge in [-0.2, -0.15) is 0 Å². The van der Waals surface area contributed by atoms with E-state index in [2.05, 4.69) is 13.2 Å². The van der Waals surface area contributed by atoms with E-state index in [9.17, 15) is 9.59 Å². The van der Waals surface area contributed by atoms with Crippen LogP contribution in [0.5, 0.6) is 0 Å². The Morgan fingerprint density at radius 2 is 1.69 bits per heavy atom. The van der Waals surface area contributed by atoms with Gasteiger partial charge in [0, 0.05) is 11.1 Å². The van der Waals surface area contributed by atoms with Crippen LogP contribution in [0.3, 0.4) is 0 Å². The number of carbonyl (C=O) groups is 2. The lowest BCUT2D eigenvalue weighted by Crippen LogP contribution is -2.16. The highest BCUT2D eigenvalue weighted by Gasteiger charge is 2.39. The van der Waals surface area contributed by atoms with Gasteiger partial charge in [0.15, 0.2) is 11.6 Å². The fourth-order valence-corrected chi connectivity index (χ4v) is 2.02. The molecule has 0 aliphatic heterocycles. The lowest BCUT2D eigenvalue weighted by molar-refractivity contribution is 0.0863. The normalized spacial score (nSPS) is 15.0. The molecule has 0 unspecified atom stereocenters. The van der Waals surface area contributed by atoms with Gasteiger partial charge in [0.1, 0.15) is 5.92 Å². The highest BCUT2D eigenvalue weighted by molar-refractivity contribution is 6.27. The second kappa shape index (κ2) is 3.89. The molecular formula is C14H12O2. The topological polar surface area (TPSA) is 34.1 Å². The second-order valence-electron chi connectivity index (χ2n) is 3.86. The largest absolute Gasteiger partial charge is 0.293 e. The van der Waals surface area contributed by atoms with Crippen LogP contribution in [0, 0.1) is 5.92 Å². The SMILES string of the molecule is C=CCC(=C)C1C(=O)c2ccccc2C1=O. The summed E-state index contributed by atoms with van der Waals surface area (Å²) in [7, 11) is 0. The van der Waals surface area contributed by atoms with E-state index in [1.165, 1.54) is 0 Å². The fourth-order valence-electron chi connectivity index (χ4n) is 2.02. The first-order valence-electron chi connectivity index (χ1n) is 5.13. The van der Waals surface area contributed by atoms with Gasteiger partial charge >= 0.3 is 0 Å². The summed E-state index contributed by atoms with van der Waals surface area (Å²) in [5, 5.41) is 0. The van der Waals surface area contributed by atoms with E-state index in [0.717, 1.165) is 0 Å². The number of rotatable bonds is 3. The zero-order chi connectivity index (χ0) is 11.7. The zero-order valence-corrected chi connectivity index (χ0v) is 8.90. The standard InChI is InChI=1S/C14H12O2/c1-3-6-9(2)12-13(15)10-7-4-5-8-11(10)14(12)16/h3-5,7-8,12H,1-2,6H2. The van der Waals surface area contributed by atoms with Crippen molar-refractivity contribution in [2.75, 3.05) is 0 Å². The van der Waals surface area contributed by atoms with E-state index in [-0.39, 0.29) is 11.6 Å². The average Bonchev–Trinajstić information content (AvgIpc) is 2.53. The molecule has 0 heterocycles. The number of Topliss-reactive ketones (excluding diaryl/α,β-unsaturated/α-hetero) is 2. The molecule has 16 heavy (non-hydrogen) atoms. The van der Waals surface area contributed by atoms with Crippen LogP contribution in [0.2, 0.25) is 0 Å². The van der Waals surface area contributed by atoms with Crippen molar-refractivity contribution in [1.29, 1.82) is 0 Å². The first-order valence-corrected chi connectivity index (χ1v) is 5.13. The van der Waals surface area contributed by atoms with Crippen LogP contribution in [0.4, 0.5) is 0 Å². The van der Waals surface area contributed by atoms with Gasteiger partial charge in [-0.25, -0.2) is 0 Å². The molecule has 0 N–H and O–H groups in total. The maximum absolute atomic E-state index is 12.0. The molecule has 2 nitrogen and oxygen atoms in total. The number of ketones is 2. The fraction of sp³-hybridized carbons (Fsp3) is 0.143. The lowest BCUT2D eigenvalue weighted by atomic mass is 9.93. The summed E-state index contributed by atoms with van der Waals surface area (Å²) in [4.78, 5) is 24.0. The Hall–Kier alpha value is -1.96. The van der Waals surface area contributed by atoms with Gasteiger partial charge in [0.2, 0.25) is 0 Å². The Labute approximate surface area is 94.3 Å². The smallest absolute Gasteiger partial charge is 0.178 e. The minimum Gasteiger partial charge on any atom is -0.293 e. The molecule has 80 valence electrons. The van der Waals surface area contributed by atoms with Crippen LogP contribution in [-0.4, -0.2) is 11.6 Å². The van der Waals surface area contributed by atoms with Crippen molar-refractivity contribution in [2.45, 2.75) is 6.42 Å². The summed E-state index contributed by atoms with van der Waals surface area (Å²) in [5.41, 5.74) is 1.66. The minimum absolute atomic E-state index is 0.132. The molecule has 0 saturated carbocycles. The number of hydrogen-bond donors (Lipinski definition) is 0. The molecule has 1 aromatic rings. The Morgan fingerprint density at radius 3 is 2.12 bits per heavy atom. The highest BCUT2D eigenvalue weighted by Crippen LogP contribution is 2.31. The number of fused-ring (bicyclic) bond motifs is 1. The summed E-state index contributed by atoms with van der Waals surface area (Å²) >= 11 is 0. The summed E-state index contributed by atoms with van der Waals surface area (Å²) < 4.78 is 0. The lowest BCUT2D eigenvalue weighted by Gasteiger charge is -2.07. The molecular weight excluding hydrogens is 200 g/mol. The van der Waals surface area contributed by atoms with E-state index in [1.807, 2.05) is 0 Å². The van der Waals surface area contributed by atoms with Crippen molar-refractivity contribution in [1.82, 2.24) is 0 Å². The number of allylic oxidation sites excluding steroid dienone is 2. The molecule has 2 heteroatoms. The van der Waals surface area contributed by atoms with Crippen LogP contribution in [-0.2, 0) is 0 Å². The van der Waals surface area contributed by atoms with Crippen molar-refractivity contribution < 1.29 is 9.59 Å². The van der Waals surface area contributed by atoms with Crippen LogP contribution in [0.25, 0.3) is 0 Å². The van der Waals surface area contributed by atoms with E-state index in [4.69, 9.17) is 0 Å². The van der Waals surface area contributed by atoms with Crippen LogP contribution < -0.4 is 0 Å². The van der Waals surface area contributed by atoms with Gasteiger partial charge < -0.3 is 0 Å². The van der Waals surface area contributed by atoms with Crippen molar-refractivity contribution in [3.8, 4) is 0 Å². The molecule has 1 aliphatic rings. The van der Waals surface area contributed by atoms with Gasteiger partial charge in [0.25, 0.3) is 0 Å². The third-order valence-corrected chi connectivity index (χ3v) is 2.80. The molecule has 1 aliphatic carbocycles. The molecule has 1 aromatic carbocycles. The van der Waals surface area contributed by atoms with Crippen molar-refractivity contribution in [3.05, 3.63) is 60.2 Å². The summed E-state index contributed by atoms with van der Waals surface area (Å²) in [6, 6.07) is 6.92. The average molecular weight is 212 g/mol. The van der Waals surface area contributed by atoms with E-state index in [1.54, 1.807) is 30.3 Å². The second-order valence-corrected chi connectivity index (χ2v) is 3.86. The summed E-state index contributed by atoms with van der Waals surface area (Å²) in [5.74, 6) is -0.963. The van der Waals surface area contributed by atoms with E-state index < -0.39 is 5.92 Å². The predicted octanol–water partition coefficient (Wildman–Crippen LogP) is 2.81. The Morgan fingerprint density at radius 1 is 1.19 bits per heavy atom. The maximum atomic E-state index is 12.0. The minimum atomic E-state index is -0.699. The molecule has 0 radical (unpaired) electrons. The number of carbonyl (C=O) groups excluding carboxylic acids is 2. The molecule has 0 amide bonds. The summed E-state index contributed by atoms with van der Waals surface area (Å²) in [6.07, 6.45) is 2.15. The van der Waals surface area contributed by atoms with Crippen molar-refractivity contribution >= 4 is 11.6 Å². The highest BCUT2D eigenvalue weighted by atomic mass is 16.2. The maximum Gasteiger partial charge on any atom is 0.178 e. The van der Waals surface area contributed by atoms with Crippen molar-refractivity contribution in [3.63, 3.8) is 0 Å². The van der Waals surface area contributed by atoms with Crippen LogP contribution >= 0.6 is 0 Å². The van der Waals surface area contributed by atoms with Gasteiger partial charge in [-0.05, 0) is 6.42 Å². The third kappa shape index (κ3) is 1.43. The Bertz CT molecular complexity index is 462. The van der Waals surface area contributed by atoms with Gasteiger partial charge in [-0.3, -0.25) is 9.59 Å².